The summed E-state index contributed by atoms with van der Waals surface area (Å²) in [7, 11) is 0. The van der Waals surface area contributed by atoms with Crippen molar-refractivity contribution in [2.24, 2.45) is 10.7 Å². The Hall–Kier alpha value is -1.69. The van der Waals surface area contributed by atoms with E-state index in [2.05, 4.69) is 9.98 Å². The smallest absolute Gasteiger partial charge is 0.328 e. The molecule has 2 rings (SSSR count). The molecule has 0 bridgehead atoms. The first-order chi connectivity index (χ1) is 8.84. The molecule has 1 atom stereocenters. The van der Waals surface area contributed by atoms with Crippen molar-refractivity contribution in [3.8, 4) is 0 Å². The molecule has 0 radical (unpaired) electrons. The van der Waals surface area contributed by atoms with Gasteiger partial charge in [-0.15, -0.1) is 0 Å². The lowest BCUT2D eigenvalue weighted by molar-refractivity contribution is -0.141. The number of halogens is 3. The van der Waals surface area contributed by atoms with Gasteiger partial charge >= 0.3 is 6.18 Å². The average molecular weight is 269 g/mol. The summed E-state index contributed by atoms with van der Waals surface area (Å²) in [6, 6.07) is 2.42. The Labute approximate surface area is 109 Å². The molecule has 3 nitrogen and oxygen atoms in total. The molecule has 0 amide bonds. The van der Waals surface area contributed by atoms with Crippen LogP contribution >= 0.6 is 0 Å². The Morgan fingerprint density at radius 2 is 2.11 bits per heavy atom. The van der Waals surface area contributed by atoms with Gasteiger partial charge in [0.05, 0.1) is 5.54 Å². The molecule has 6 heteroatoms. The minimum absolute atomic E-state index is 0.384. The summed E-state index contributed by atoms with van der Waals surface area (Å²) in [6.07, 6.45) is 0.843. The Bertz CT molecular complexity index is 517. The van der Waals surface area contributed by atoms with Crippen molar-refractivity contribution in [1.82, 2.24) is 4.98 Å². The number of nitrogens with two attached hydrogens (primary N) is 1. The van der Waals surface area contributed by atoms with Crippen molar-refractivity contribution in [1.29, 1.82) is 0 Å². The van der Waals surface area contributed by atoms with E-state index in [1.165, 1.54) is 12.3 Å². The van der Waals surface area contributed by atoms with Crippen LogP contribution in [0.25, 0.3) is 5.57 Å². The van der Waals surface area contributed by atoms with E-state index < -0.39 is 17.4 Å². The number of allylic oxidation sites excluding steroid dienone is 1. The quantitative estimate of drug-likeness (QED) is 0.897. The van der Waals surface area contributed by atoms with Gasteiger partial charge in [-0.2, -0.15) is 13.2 Å². The highest BCUT2D eigenvalue weighted by Crippen LogP contribution is 2.31. The van der Waals surface area contributed by atoms with Crippen molar-refractivity contribution in [2.45, 2.75) is 25.1 Å². The maximum atomic E-state index is 12.4. The second kappa shape index (κ2) is 4.77. The summed E-state index contributed by atoms with van der Waals surface area (Å²) in [5.74, 6) is 0. The fourth-order valence-electron chi connectivity index (χ4n) is 1.90. The molecule has 0 aliphatic carbocycles. The third kappa shape index (κ3) is 3.01. The zero-order chi connectivity index (χ0) is 14.1. The number of hydrogen-bond donors (Lipinski definition) is 1. The van der Waals surface area contributed by atoms with Crippen molar-refractivity contribution in [3.63, 3.8) is 0 Å². The lowest BCUT2D eigenvalue weighted by Gasteiger charge is -2.27. The Balaban J connectivity index is 2.24. The van der Waals surface area contributed by atoms with Gasteiger partial charge in [-0.1, -0.05) is 6.07 Å². The molecule has 2 N–H and O–H groups in total. The van der Waals surface area contributed by atoms with Gasteiger partial charge in [-0.05, 0) is 36.6 Å². The zero-order valence-electron chi connectivity index (χ0n) is 10.4. The van der Waals surface area contributed by atoms with E-state index >= 15 is 0 Å². The standard InChI is InChI=1S/C13H14F3N3/c1-12(8-17)6-9(4-5-19-12)10-2-3-11(18-7-10)13(14,15)16/h2-5,7H,6,8,17H2,1H3. The molecular formula is C13H14F3N3. The number of hydrogen-bond acceptors (Lipinski definition) is 3. The number of aliphatic imine (C=N–C) groups is 1. The van der Waals surface area contributed by atoms with E-state index in [0.29, 0.717) is 18.5 Å². The zero-order valence-corrected chi connectivity index (χ0v) is 10.4. The van der Waals surface area contributed by atoms with E-state index in [1.807, 2.05) is 6.92 Å². The number of rotatable bonds is 2. The molecular weight excluding hydrogens is 255 g/mol. The van der Waals surface area contributed by atoms with Crippen LogP contribution in [0, 0.1) is 0 Å². The third-order valence-corrected chi connectivity index (χ3v) is 3.10. The van der Waals surface area contributed by atoms with Crippen molar-refractivity contribution in [3.05, 3.63) is 35.7 Å². The maximum Gasteiger partial charge on any atom is 0.433 e. The SMILES string of the molecule is CC1(CN)CC(c2ccc(C(F)(F)F)nc2)=CC=N1. The fraction of sp³-hybridized carbons (Fsp3) is 0.385. The summed E-state index contributed by atoms with van der Waals surface area (Å²) in [5.41, 5.74) is 5.93. The molecule has 0 fully saturated rings. The van der Waals surface area contributed by atoms with Crippen LogP contribution in [0.15, 0.2) is 29.4 Å². The minimum atomic E-state index is -4.41. The van der Waals surface area contributed by atoms with Crippen molar-refractivity contribution >= 4 is 11.8 Å². The molecule has 0 saturated carbocycles. The van der Waals surface area contributed by atoms with E-state index in [-0.39, 0.29) is 0 Å². The van der Waals surface area contributed by atoms with Crippen LogP contribution in [-0.2, 0) is 6.18 Å². The highest BCUT2D eigenvalue weighted by molar-refractivity contribution is 5.87. The second-order valence-electron chi connectivity index (χ2n) is 4.78. The van der Waals surface area contributed by atoms with Gasteiger partial charge in [-0.3, -0.25) is 9.98 Å². The first-order valence-electron chi connectivity index (χ1n) is 5.82. The number of aromatic nitrogens is 1. The molecule has 0 saturated heterocycles. The van der Waals surface area contributed by atoms with Crippen LogP contribution in [0.1, 0.15) is 24.6 Å². The first kappa shape index (κ1) is 13.7. The summed E-state index contributed by atoms with van der Waals surface area (Å²) < 4.78 is 37.3. The summed E-state index contributed by atoms with van der Waals surface area (Å²) in [5, 5.41) is 0. The van der Waals surface area contributed by atoms with Gasteiger partial charge in [0.25, 0.3) is 0 Å². The normalized spacial score (nSPS) is 23.3. The second-order valence-corrected chi connectivity index (χ2v) is 4.78. The predicted molar refractivity (Wildman–Crippen MR) is 67.8 cm³/mol. The number of nitrogens with zero attached hydrogens (tertiary/aromatic N) is 2. The van der Waals surface area contributed by atoms with Crippen molar-refractivity contribution < 1.29 is 13.2 Å². The largest absolute Gasteiger partial charge is 0.433 e. The molecule has 1 aliphatic heterocycles. The molecule has 19 heavy (non-hydrogen) atoms. The Kier molecular flexibility index (Phi) is 3.45. The van der Waals surface area contributed by atoms with Gasteiger partial charge < -0.3 is 5.73 Å². The van der Waals surface area contributed by atoms with Crippen molar-refractivity contribution in [2.75, 3.05) is 6.54 Å². The van der Waals surface area contributed by atoms with Crippen LogP contribution in [0.2, 0.25) is 0 Å². The third-order valence-electron chi connectivity index (χ3n) is 3.10. The minimum Gasteiger partial charge on any atom is -0.328 e. The molecule has 1 aromatic heterocycles. The summed E-state index contributed by atoms with van der Waals surface area (Å²) in [4.78, 5) is 7.74. The van der Waals surface area contributed by atoms with Crippen LogP contribution in [0.5, 0.6) is 0 Å². The van der Waals surface area contributed by atoms with Crippen LogP contribution in [0.4, 0.5) is 13.2 Å². The molecule has 1 unspecified atom stereocenters. The molecule has 102 valence electrons. The van der Waals surface area contributed by atoms with E-state index in [4.69, 9.17) is 5.73 Å². The van der Waals surface area contributed by atoms with Gasteiger partial charge in [0.2, 0.25) is 0 Å². The first-order valence-corrected chi connectivity index (χ1v) is 5.82. The number of pyridine rings is 1. The van der Waals surface area contributed by atoms with Gasteiger partial charge in [0.15, 0.2) is 0 Å². The molecule has 1 aliphatic rings. The van der Waals surface area contributed by atoms with Gasteiger partial charge in [-0.25, -0.2) is 0 Å². The predicted octanol–water partition coefficient (Wildman–Crippen LogP) is 2.68. The highest BCUT2D eigenvalue weighted by atomic mass is 19.4. The monoisotopic (exact) mass is 269 g/mol. The molecule has 1 aromatic rings. The van der Waals surface area contributed by atoms with Crippen LogP contribution in [0.3, 0.4) is 0 Å². The maximum absolute atomic E-state index is 12.4. The lowest BCUT2D eigenvalue weighted by atomic mass is 9.88. The Morgan fingerprint density at radius 3 is 2.63 bits per heavy atom. The van der Waals surface area contributed by atoms with E-state index in [9.17, 15) is 13.2 Å². The van der Waals surface area contributed by atoms with E-state index in [0.717, 1.165) is 11.6 Å². The van der Waals surface area contributed by atoms with Crippen LogP contribution < -0.4 is 5.73 Å². The van der Waals surface area contributed by atoms with Gasteiger partial charge in [0, 0.05) is 19.0 Å². The Morgan fingerprint density at radius 1 is 1.37 bits per heavy atom. The number of alkyl halides is 3. The average Bonchev–Trinajstić information content (AvgIpc) is 2.38. The topological polar surface area (TPSA) is 51.3 Å². The summed E-state index contributed by atoms with van der Waals surface area (Å²) >= 11 is 0. The highest BCUT2D eigenvalue weighted by Gasteiger charge is 2.32. The summed E-state index contributed by atoms with van der Waals surface area (Å²) in [6.45, 7) is 2.29. The molecule has 0 aromatic carbocycles. The van der Waals surface area contributed by atoms with Gasteiger partial charge in [0.1, 0.15) is 5.69 Å². The lowest BCUT2D eigenvalue weighted by Crippen LogP contribution is -2.34. The van der Waals surface area contributed by atoms with E-state index in [1.54, 1.807) is 12.3 Å². The number of dihydropyridines is 1. The molecule has 2 heterocycles. The molecule has 0 spiro atoms. The fourth-order valence-corrected chi connectivity index (χ4v) is 1.90. The van der Waals surface area contributed by atoms with Crippen LogP contribution in [-0.4, -0.2) is 23.3 Å².